The molecule has 0 saturated heterocycles. The molecule has 3 nitrogen and oxygen atoms in total. The topological polar surface area (TPSA) is 43.4 Å². The van der Waals surface area contributed by atoms with Crippen molar-refractivity contribution in [2.75, 3.05) is 6.61 Å². The van der Waals surface area contributed by atoms with Gasteiger partial charge in [0, 0.05) is 3.57 Å². The number of carbonyl (C=O) groups is 2. The molecule has 0 N–H and O–H groups in total. The number of esters is 1. The molecule has 20 heavy (non-hydrogen) atoms. The van der Waals surface area contributed by atoms with Gasteiger partial charge in [-0.25, -0.2) is 0 Å². The Hall–Kier alpha value is -1.12. The van der Waals surface area contributed by atoms with E-state index < -0.39 is 23.8 Å². The number of rotatable bonds is 5. The van der Waals surface area contributed by atoms with Crippen LogP contribution in [0.2, 0.25) is 0 Å². The van der Waals surface area contributed by atoms with Gasteiger partial charge in [0.25, 0.3) is 5.78 Å². The van der Waals surface area contributed by atoms with E-state index in [1.807, 2.05) is 22.6 Å². The van der Waals surface area contributed by atoms with Crippen molar-refractivity contribution in [1.82, 2.24) is 0 Å². The molecular weight excluding hydrogens is 388 g/mol. The van der Waals surface area contributed by atoms with E-state index in [4.69, 9.17) is 0 Å². The summed E-state index contributed by atoms with van der Waals surface area (Å²) in [5.41, 5.74) is 0.473. The fourth-order valence-electron chi connectivity index (χ4n) is 1.58. The maximum Gasteiger partial charge on any atom is 0.450 e. The van der Waals surface area contributed by atoms with Crippen molar-refractivity contribution in [1.29, 1.82) is 0 Å². The summed E-state index contributed by atoms with van der Waals surface area (Å²) in [4.78, 5) is 22.9. The third-order valence-electron chi connectivity index (χ3n) is 2.52. The molecule has 0 fully saturated rings. The van der Waals surface area contributed by atoms with Gasteiger partial charge >= 0.3 is 12.1 Å². The quantitative estimate of drug-likeness (QED) is 0.434. The molecule has 1 aromatic carbocycles. The Labute approximate surface area is 127 Å². The zero-order valence-corrected chi connectivity index (χ0v) is 12.7. The number of alkyl halides is 3. The molecule has 0 heterocycles. The minimum Gasteiger partial charge on any atom is -0.465 e. The Morgan fingerprint density at radius 2 is 1.80 bits per heavy atom. The number of hydrogen-bond donors (Lipinski definition) is 0. The Morgan fingerprint density at radius 3 is 2.25 bits per heavy atom. The molecule has 0 bridgehead atoms. The van der Waals surface area contributed by atoms with Crippen LogP contribution < -0.4 is 0 Å². The average Bonchev–Trinajstić information content (AvgIpc) is 2.36. The highest BCUT2D eigenvalue weighted by Gasteiger charge is 2.46. The van der Waals surface area contributed by atoms with E-state index in [9.17, 15) is 22.8 Å². The SMILES string of the molecule is CCOC(=O)C(Cc1ccc(I)cc1)C(=O)C(F)(F)F. The standard InChI is InChI=1S/C13H12F3IO3/c1-2-20-12(19)10(11(18)13(14,15)16)7-8-3-5-9(17)6-4-8/h3-6,10H,2,7H2,1H3. The number of halogens is 4. The lowest BCUT2D eigenvalue weighted by Crippen LogP contribution is -2.37. The van der Waals surface area contributed by atoms with Crippen molar-refractivity contribution < 1.29 is 27.5 Å². The number of carbonyl (C=O) groups excluding carboxylic acids is 2. The molecule has 0 aromatic heterocycles. The molecule has 0 aliphatic carbocycles. The first-order chi connectivity index (χ1) is 9.25. The summed E-state index contributed by atoms with van der Waals surface area (Å²) < 4.78 is 43.0. The van der Waals surface area contributed by atoms with E-state index >= 15 is 0 Å². The highest BCUT2D eigenvalue weighted by atomic mass is 127. The van der Waals surface area contributed by atoms with Crippen LogP contribution in [0.25, 0.3) is 0 Å². The summed E-state index contributed by atoms with van der Waals surface area (Å²) in [5, 5.41) is 0. The molecule has 0 aliphatic heterocycles. The molecule has 7 heteroatoms. The van der Waals surface area contributed by atoms with Crippen LogP contribution in [-0.2, 0) is 20.7 Å². The van der Waals surface area contributed by atoms with Crippen LogP contribution in [0.3, 0.4) is 0 Å². The number of ketones is 1. The number of hydrogen-bond acceptors (Lipinski definition) is 3. The molecule has 0 spiro atoms. The number of Topliss-reactive ketones (excluding diaryl/α,β-unsaturated/α-hetero) is 1. The Morgan fingerprint density at radius 1 is 1.25 bits per heavy atom. The fraction of sp³-hybridized carbons (Fsp3) is 0.385. The van der Waals surface area contributed by atoms with E-state index in [1.54, 1.807) is 24.3 Å². The summed E-state index contributed by atoms with van der Waals surface area (Å²) in [5.74, 6) is -5.07. The first-order valence-corrected chi connectivity index (χ1v) is 6.85. The van der Waals surface area contributed by atoms with Gasteiger partial charge in [-0.3, -0.25) is 9.59 Å². The Bertz CT molecular complexity index is 483. The Balaban J connectivity index is 2.96. The van der Waals surface area contributed by atoms with E-state index in [2.05, 4.69) is 4.74 Å². The lowest BCUT2D eigenvalue weighted by molar-refractivity contribution is -0.180. The largest absolute Gasteiger partial charge is 0.465 e. The smallest absolute Gasteiger partial charge is 0.450 e. The van der Waals surface area contributed by atoms with Crippen molar-refractivity contribution in [3.63, 3.8) is 0 Å². The van der Waals surface area contributed by atoms with Gasteiger partial charge in [0.15, 0.2) is 0 Å². The molecule has 0 aliphatic rings. The number of ether oxygens (including phenoxy) is 1. The lowest BCUT2D eigenvalue weighted by atomic mass is 9.95. The molecule has 110 valence electrons. The van der Waals surface area contributed by atoms with Gasteiger partial charge in [-0.15, -0.1) is 0 Å². The second kappa shape index (κ2) is 7.05. The summed E-state index contributed by atoms with van der Waals surface area (Å²) in [6.45, 7) is 1.39. The van der Waals surface area contributed by atoms with Gasteiger partial charge < -0.3 is 4.74 Å². The van der Waals surface area contributed by atoms with Crippen molar-refractivity contribution in [3.05, 3.63) is 33.4 Å². The minimum absolute atomic E-state index is 0.0762. The first kappa shape index (κ1) is 16.9. The molecule has 0 amide bonds. The molecule has 1 aromatic rings. The van der Waals surface area contributed by atoms with Gasteiger partial charge in [-0.05, 0) is 53.6 Å². The van der Waals surface area contributed by atoms with Crippen molar-refractivity contribution in [3.8, 4) is 0 Å². The monoisotopic (exact) mass is 400 g/mol. The first-order valence-electron chi connectivity index (χ1n) is 5.77. The van der Waals surface area contributed by atoms with Crippen LogP contribution >= 0.6 is 22.6 Å². The van der Waals surface area contributed by atoms with Crippen LogP contribution in [0, 0.1) is 9.49 Å². The summed E-state index contributed by atoms with van der Waals surface area (Å²) >= 11 is 2.04. The van der Waals surface area contributed by atoms with Gasteiger partial charge in [-0.2, -0.15) is 13.2 Å². The van der Waals surface area contributed by atoms with E-state index in [-0.39, 0.29) is 13.0 Å². The normalized spacial score (nSPS) is 12.8. The highest BCUT2D eigenvalue weighted by molar-refractivity contribution is 14.1. The van der Waals surface area contributed by atoms with Crippen molar-refractivity contribution in [2.45, 2.75) is 19.5 Å². The average molecular weight is 400 g/mol. The maximum absolute atomic E-state index is 12.5. The van der Waals surface area contributed by atoms with Crippen molar-refractivity contribution in [2.24, 2.45) is 5.92 Å². The summed E-state index contributed by atoms with van der Waals surface area (Å²) in [6.07, 6.45) is -5.38. The summed E-state index contributed by atoms with van der Waals surface area (Å²) in [7, 11) is 0. The fourth-order valence-corrected chi connectivity index (χ4v) is 1.94. The third kappa shape index (κ3) is 4.77. The number of benzene rings is 1. The molecular formula is C13H12F3IO3. The highest BCUT2D eigenvalue weighted by Crippen LogP contribution is 2.24. The van der Waals surface area contributed by atoms with Crippen LogP contribution in [0.4, 0.5) is 13.2 Å². The van der Waals surface area contributed by atoms with Gasteiger partial charge in [0.05, 0.1) is 6.61 Å². The molecule has 0 radical (unpaired) electrons. The zero-order chi connectivity index (χ0) is 15.3. The van der Waals surface area contributed by atoms with E-state index in [0.29, 0.717) is 5.56 Å². The lowest BCUT2D eigenvalue weighted by Gasteiger charge is -2.16. The van der Waals surface area contributed by atoms with Crippen LogP contribution in [0.1, 0.15) is 12.5 Å². The second-order valence-electron chi connectivity index (χ2n) is 4.00. The summed E-state index contributed by atoms with van der Waals surface area (Å²) in [6, 6.07) is 6.54. The van der Waals surface area contributed by atoms with E-state index in [0.717, 1.165) is 3.57 Å². The van der Waals surface area contributed by atoms with Crippen LogP contribution in [0.5, 0.6) is 0 Å². The van der Waals surface area contributed by atoms with Crippen LogP contribution in [0.15, 0.2) is 24.3 Å². The van der Waals surface area contributed by atoms with Crippen LogP contribution in [-0.4, -0.2) is 24.5 Å². The zero-order valence-electron chi connectivity index (χ0n) is 10.5. The van der Waals surface area contributed by atoms with Crippen molar-refractivity contribution >= 4 is 34.3 Å². The second-order valence-corrected chi connectivity index (χ2v) is 5.24. The van der Waals surface area contributed by atoms with Gasteiger partial charge in [-0.1, -0.05) is 12.1 Å². The van der Waals surface area contributed by atoms with Gasteiger partial charge in [0.1, 0.15) is 5.92 Å². The minimum atomic E-state index is -5.05. The van der Waals surface area contributed by atoms with E-state index in [1.165, 1.54) is 6.92 Å². The van der Waals surface area contributed by atoms with Gasteiger partial charge in [0.2, 0.25) is 0 Å². The maximum atomic E-state index is 12.5. The molecule has 1 rings (SSSR count). The third-order valence-corrected chi connectivity index (χ3v) is 3.24. The molecule has 1 atom stereocenters. The predicted molar refractivity (Wildman–Crippen MR) is 74.0 cm³/mol. The Kier molecular flexibility index (Phi) is 5.97. The predicted octanol–water partition coefficient (Wildman–Crippen LogP) is 3.14. The molecule has 0 saturated carbocycles. The molecule has 1 unspecified atom stereocenters.